The van der Waals surface area contributed by atoms with Crippen molar-refractivity contribution < 1.29 is 42.9 Å². The van der Waals surface area contributed by atoms with Crippen LogP contribution < -0.4 is 0 Å². The van der Waals surface area contributed by atoms with Crippen molar-refractivity contribution in [3.63, 3.8) is 0 Å². The highest BCUT2D eigenvalue weighted by Crippen LogP contribution is 2.13. The van der Waals surface area contributed by atoms with Crippen molar-refractivity contribution in [2.45, 2.75) is 193 Å². The Kier molecular flexibility index (Phi) is 44.0. The van der Waals surface area contributed by atoms with Gasteiger partial charge in [-0.1, -0.05) is 169 Å². The fraction of sp³-hybridized carbons (Fsp3) is 0.661. The fourth-order valence-electron chi connectivity index (χ4n) is 6.40. The monoisotopic (exact) mass is 909 g/mol. The summed E-state index contributed by atoms with van der Waals surface area (Å²) in [7, 11) is 5.94. The maximum atomic E-state index is 12.8. The van der Waals surface area contributed by atoms with E-state index in [1.807, 2.05) is 21.1 Å². The number of carbonyl (C=O) groups excluding carboxylic acids is 2. The second-order valence-corrected chi connectivity index (χ2v) is 17.7. The molecule has 0 bridgehead atoms. The first-order valence-corrected chi connectivity index (χ1v) is 25.4. The standard InChI is InChI=1S/C56H93NO8/c1-6-8-10-12-14-16-18-20-22-24-25-26-27-28-29-31-33-35-37-39-41-43-45-47-54(59)65-52(51-64-56(55(60)61)62-49-48-57(3,4)5)50-63-53(58)46-44-42-40-38-36-34-32-30-23-21-19-17-15-13-11-9-7-2/h8,10,14-17,20-23,25-26,28-29,33,35,52,56H,6-7,9,11-13,18-19,24,27,30-32,34,36-51H2,1-5H3/p+1/b10-8-,16-14-,17-15-,22-20-,23-21-,26-25-,29-28-,35-33-. The molecule has 0 aliphatic rings. The van der Waals surface area contributed by atoms with E-state index >= 15 is 0 Å². The van der Waals surface area contributed by atoms with Crippen LogP contribution in [0.5, 0.6) is 0 Å². The van der Waals surface area contributed by atoms with Crippen LogP contribution in [0.3, 0.4) is 0 Å². The summed E-state index contributed by atoms with van der Waals surface area (Å²) in [5.74, 6) is -2.06. The molecule has 0 heterocycles. The van der Waals surface area contributed by atoms with Crippen molar-refractivity contribution in [2.24, 2.45) is 0 Å². The Morgan fingerprint density at radius 2 is 0.877 bits per heavy atom. The van der Waals surface area contributed by atoms with Crippen molar-refractivity contribution in [1.29, 1.82) is 0 Å². The Morgan fingerprint density at radius 3 is 1.31 bits per heavy atom. The SMILES string of the molecule is CC/C=C\C/C=C\C/C=C\C/C=C\C/C=C\C/C=C\CCCCCCC(=O)OC(COC(=O)CCCCCCCCC/C=C\C/C=C\CCCCC)COC(OCC[N+](C)(C)C)C(=O)O. The first-order valence-electron chi connectivity index (χ1n) is 25.4. The third kappa shape index (κ3) is 48.0. The lowest BCUT2D eigenvalue weighted by molar-refractivity contribution is -0.870. The predicted octanol–water partition coefficient (Wildman–Crippen LogP) is 14.2. The smallest absolute Gasteiger partial charge is 0.361 e. The largest absolute Gasteiger partial charge is 0.477 e. The molecule has 0 amide bonds. The van der Waals surface area contributed by atoms with E-state index in [0.29, 0.717) is 17.4 Å². The lowest BCUT2D eigenvalue weighted by Crippen LogP contribution is -2.40. The molecule has 1 N–H and O–H groups in total. The average molecular weight is 909 g/mol. The van der Waals surface area contributed by atoms with Gasteiger partial charge in [-0.15, -0.1) is 0 Å². The zero-order valence-corrected chi connectivity index (χ0v) is 41.9. The zero-order valence-electron chi connectivity index (χ0n) is 41.9. The molecule has 0 radical (unpaired) electrons. The van der Waals surface area contributed by atoms with Gasteiger partial charge >= 0.3 is 17.9 Å². The number of carbonyl (C=O) groups is 3. The summed E-state index contributed by atoms with van der Waals surface area (Å²) in [4.78, 5) is 37.3. The van der Waals surface area contributed by atoms with Gasteiger partial charge in [0.2, 0.25) is 0 Å². The van der Waals surface area contributed by atoms with E-state index < -0.39 is 24.3 Å². The summed E-state index contributed by atoms with van der Waals surface area (Å²) < 4.78 is 22.8. The summed E-state index contributed by atoms with van der Waals surface area (Å²) in [5, 5.41) is 9.67. The Labute approximate surface area is 397 Å². The van der Waals surface area contributed by atoms with Crippen LogP contribution in [0.15, 0.2) is 97.2 Å². The van der Waals surface area contributed by atoms with Crippen molar-refractivity contribution >= 4 is 17.9 Å². The first-order chi connectivity index (χ1) is 31.6. The quantitative estimate of drug-likeness (QED) is 0.0212. The number of ether oxygens (including phenoxy) is 4. The molecule has 0 saturated heterocycles. The van der Waals surface area contributed by atoms with E-state index in [0.717, 1.165) is 103 Å². The zero-order chi connectivity index (χ0) is 47.7. The second kappa shape index (κ2) is 46.7. The highest BCUT2D eigenvalue weighted by molar-refractivity contribution is 5.71. The van der Waals surface area contributed by atoms with Crippen LogP contribution in [0.25, 0.3) is 0 Å². The molecule has 9 heteroatoms. The van der Waals surface area contributed by atoms with Gasteiger partial charge < -0.3 is 28.5 Å². The van der Waals surface area contributed by atoms with E-state index in [-0.39, 0.29) is 38.6 Å². The Bertz CT molecular complexity index is 1380. The van der Waals surface area contributed by atoms with Crippen molar-refractivity contribution in [1.82, 2.24) is 0 Å². The molecule has 0 aromatic carbocycles. The summed E-state index contributed by atoms with van der Waals surface area (Å²) in [6.45, 7) is 4.67. The lowest BCUT2D eigenvalue weighted by Gasteiger charge is -2.25. The summed E-state index contributed by atoms with van der Waals surface area (Å²) >= 11 is 0. The van der Waals surface area contributed by atoms with Gasteiger partial charge in [0.05, 0.1) is 34.4 Å². The second-order valence-electron chi connectivity index (χ2n) is 17.7. The molecule has 0 aromatic rings. The number of carboxylic acid groups (broad SMARTS) is 1. The van der Waals surface area contributed by atoms with E-state index in [9.17, 15) is 19.5 Å². The average Bonchev–Trinajstić information content (AvgIpc) is 3.27. The number of hydrogen-bond donors (Lipinski definition) is 1. The number of quaternary nitrogens is 1. The number of likely N-dealkylation sites (N-methyl/N-ethyl adjacent to an activating group) is 1. The molecule has 9 nitrogen and oxygen atoms in total. The molecule has 0 fully saturated rings. The maximum Gasteiger partial charge on any atom is 0.361 e. The number of carboxylic acids is 1. The molecule has 65 heavy (non-hydrogen) atoms. The van der Waals surface area contributed by atoms with Gasteiger partial charge in [0, 0.05) is 12.8 Å². The first kappa shape index (κ1) is 61.2. The Hall–Kier alpha value is -3.79. The van der Waals surface area contributed by atoms with Crippen molar-refractivity contribution in [3.8, 4) is 0 Å². The Balaban J connectivity index is 4.45. The van der Waals surface area contributed by atoms with Crippen LogP contribution in [-0.4, -0.2) is 87.4 Å². The van der Waals surface area contributed by atoms with E-state index in [4.69, 9.17) is 18.9 Å². The molecular weight excluding hydrogens is 815 g/mol. The van der Waals surface area contributed by atoms with Gasteiger partial charge in [-0.2, -0.15) is 0 Å². The third-order valence-electron chi connectivity index (χ3n) is 10.3. The fourth-order valence-corrected chi connectivity index (χ4v) is 6.40. The number of hydrogen-bond acceptors (Lipinski definition) is 7. The van der Waals surface area contributed by atoms with Crippen LogP contribution in [0, 0.1) is 0 Å². The Morgan fingerprint density at radius 1 is 0.477 bits per heavy atom. The number of nitrogens with zero attached hydrogens (tertiary/aromatic N) is 1. The van der Waals surface area contributed by atoms with Gasteiger partial charge in [0.25, 0.3) is 6.29 Å². The van der Waals surface area contributed by atoms with E-state index in [2.05, 4.69) is 111 Å². The normalized spacial score (nSPS) is 13.7. The molecule has 0 rings (SSSR count). The van der Waals surface area contributed by atoms with Crippen molar-refractivity contribution in [3.05, 3.63) is 97.2 Å². The molecule has 2 atom stereocenters. The van der Waals surface area contributed by atoms with Crippen LogP contribution in [0.1, 0.15) is 181 Å². The summed E-state index contributed by atoms with van der Waals surface area (Å²) in [6, 6.07) is 0. The minimum atomic E-state index is -1.52. The van der Waals surface area contributed by atoms with Gasteiger partial charge in [-0.25, -0.2) is 4.79 Å². The molecule has 0 aliphatic carbocycles. The van der Waals surface area contributed by atoms with Gasteiger partial charge in [-0.05, 0) is 96.3 Å². The highest BCUT2D eigenvalue weighted by atomic mass is 16.7. The van der Waals surface area contributed by atoms with Gasteiger partial charge in [0.15, 0.2) is 6.10 Å². The van der Waals surface area contributed by atoms with Crippen LogP contribution in [0.4, 0.5) is 0 Å². The van der Waals surface area contributed by atoms with Crippen molar-refractivity contribution in [2.75, 3.05) is 47.5 Å². The number of aliphatic carboxylic acids is 1. The predicted molar refractivity (Wildman–Crippen MR) is 272 cm³/mol. The topological polar surface area (TPSA) is 108 Å². The molecule has 0 aliphatic heterocycles. The summed E-state index contributed by atoms with van der Waals surface area (Å²) in [6.07, 6.45) is 58.9. The third-order valence-corrected chi connectivity index (χ3v) is 10.3. The minimum Gasteiger partial charge on any atom is -0.477 e. The summed E-state index contributed by atoms with van der Waals surface area (Å²) in [5.41, 5.74) is 0. The van der Waals surface area contributed by atoms with Crippen LogP contribution in [-0.2, 0) is 33.3 Å². The molecule has 370 valence electrons. The number of unbranched alkanes of at least 4 members (excludes halogenated alkanes) is 14. The number of esters is 2. The molecule has 0 spiro atoms. The number of allylic oxidation sites excluding steroid dienone is 16. The van der Waals surface area contributed by atoms with Gasteiger partial charge in [-0.3, -0.25) is 9.59 Å². The number of rotatable bonds is 45. The molecule has 0 saturated carbocycles. The van der Waals surface area contributed by atoms with E-state index in [1.165, 1.54) is 44.9 Å². The van der Waals surface area contributed by atoms with Crippen LogP contribution in [0.2, 0.25) is 0 Å². The lowest BCUT2D eigenvalue weighted by atomic mass is 10.1. The van der Waals surface area contributed by atoms with E-state index in [1.54, 1.807) is 0 Å². The van der Waals surface area contributed by atoms with Crippen LogP contribution >= 0.6 is 0 Å². The molecule has 0 aromatic heterocycles. The molecular formula is C56H94NO8+. The highest BCUT2D eigenvalue weighted by Gasteiger charge is 2.25. The van der Waals surface area contributed by atoms with Gasteiger partial charge in [0.1, 0.15) is 13.2 Å². The molecule has 2 unspecified atom stereocenters. The minimum absolute atomic E-state index is 0.175. The maximum absolute atomic E-state index is 12.8.